The Hall–Kier alpha value is -1.58. The van der Waals surface area contributed by atoms with Crippen LogP contribution in [0.3, 0.4) is 0 Å². The second kappa shape index (κ2) is 8.50. The van der Waals surface area contributed by atoms with E-state index < -0.39 is 0 Å². The molecule has 0 radical (unpaired) electrons. The van der Waals surface area contributed by atoms with Crippen LogP contribution >= 0.6 is 0 Å². The van der Waals surface area contributed by atoms with E-state index in [2.05, 4.69) is 6.58 Å². The molecular formula is C14H20O4. The molecule has 0 saturated heterocycles. The van der Waals surface area contributed by atoms with E-state index >= 15 is 0 Å². The molecule has 4 nitrogen and oxygen atoms in total. The van der Waals surface area contributed by atoms with E-state index in [1.54, 1.807) is 0 Å². The van der Waals surface area contributed by atoms with Crippen molar-refractivity contribution in [1.82, 2.24) is 0 Å². The molecule has 1 aliphatic rings. The summed E-state index contributed by atoms with van der Waals surface area (Å²) in [6.45, 7) is 3.65. The van der Waals surface area contributed by atoms with Gasteiger partial charge in [0.05, 0.1) is 0 Å². The third-order valence-electron chi connectivity index (χ3n) is 2.66. The molecule has 0 amide bonds. The lowest BCUT2D eigenvalue weighted by Gasteiger charge is -2.10. The summed E-state index contributed by atoms with van der Waals surface area (Å²) in [5, 5.41) is 0. The minimum absolute atomic E-state index is 0.247. The normalized spacial score (nSPS) is 20.3. The molecule has 0 aromatic rings. The molecule has 1 rings (SSSR count). The fraction of sp³-hybridized carbons (Fsp3) is 0.571. The maximum atomic E-state index is 11.5. The first-order valence-corrected chi connectivity index (χ1v) is 6.42. The maximum Gasteiger partial charge on any atom is 0.310 e. The Morgan fingerprint density at radius 2 is 1.89 bits per heavy atom. The molecule has 0 aromatic heterocycles. The van der Waals surface area contributed by atoms with Gasteiger partial charge in [-0.15, -0.1) is 6.58 Å². The third-order valence-corrected chi connectivity index (χ3v) is 2.66. The number of hydrogen-bond acceptors (Lipinski definition) is 4. The van der Waals surface area contributed by atoms with Gasteiger partial charge >= 0.3 is 11.9 Å². The number of carbonyl (C=O) groups excluding carboxylic acids is 2. The van der Waals surface area contributed by atoms with Gasteiger partial charge in [0, 0.05) is 19.3 Å². The molecule has 0 unspecified atom stereocenters. The van der Waals surface area contributed by atoms with Gasteiger partial charge in [0.15, 0.2) is 0 Å². The SMILES string of the molecule is C=CCCCC/C1=C\OC(=O)CCCCC(=O)O1. The zero-order valence-electron chi connectivity index (χ0n) is 10.7. The Bertz CT molecular complexity index is 331. The Morgan fingerprint density at radius 1 is 1.17 bits per heavy atom. The first-order chi connectivity index (χ1) is 8.72. The molecule has 4 heteroatoms. The molecule has 1 aliphatic heterocycles. The van der Waals surface area contributed by atoms with Gasteiger partial charge in [-0.05, 0) is 32.1 Å². The lowest BCUT2D eigenvalue weighted by atomic mass is 10.1. The van der Waals surface area contributed by atoms with E-state index in [4.69, 9.17) is 9.47 Å². The molecule has 18 heavy (non-hydrogen) atoms. The highest BCUT2D eigenvalue weighted by atomic mass is 16.6. The highest BCUT2D eigenvalue weighted by Crippen LogP contribution is 2.15. The van der Waals surface area contributed by atoms with Crippen LogP contribution in [0.25, 0.3) is 0 Å². The fourth-order valence-electron chi connectivity index (χ4n) is 1.65. The molecule has 0 bridgehead atoms. The first kappa shape index (κ1) is 14.5. The van der Waals surface area contributed by atoms with Crippen molar-refractivity contribution in [1.29, 1.82) is 0 Å². The van der Waals surface area contributed by atoms with Gasteiger partial charge < -0.3 is 9.47 Å². The van der Waals surface area contributed by atoms with Crippen LogP contribution in [0, 0.1) is 0 Å². The van der Waals surface area contributed by atoms with Gasteiger partial charge in [0.1, 0.15) is 12.0 Å². The second-order valence-corrected chi connectivity index (χ2v) is 4.29. The number of ether oxygens (including phenoxy) is 2. The van der Waals surface area contributed by atoms with E-state index in [0.29, 0.717) is 37.9 Å². The van der Waals surface area contributed by atoms with Crippen molar-refractivity contribution in [3.63, 3.8) is 0 Å². The third kappa shape index (κ3) is 6.23. The van der Waals surface area contributed by atoms with Crippen molar-refractivity contribution in [2.45, 2.75) is 51.4 Å². The molecule has 100 valence electrons. The van der Waals surface area contributed by atoms with Crippen molar-refractivity contribution >= 4 is 11.9 Å². The van der Waals surface area contributed by atoms with Crippen LogP contribution in [0.5, 0.6) is 0 Å². The second-order valence-electron chi connectivity index (χ2n) is 4.29. The summed E-state index contributed by atoms with van der Waals surface area (Å²) in [4.78, 5) is 22.7. The largest absolute Gasteiger partial charge is 0.431 e. The molecule has 1 heterocycles. The van der Waals surface area contributed by atoms with Gasteiger partial charge in [-0.2, -0.15) is 0 Å². The summed E-state index contributed by atoms with van der Waals surface area (Å²) >= 11 is 0. The lowest BCUT2D eigenvalue weighted by Crippen LogP contribution is -2.09. The number of esters is 2. The number of rotatable bonds is 5. The molecule has 0 spiro atoms. The average Bonchev–Trinajstić information content (AvgIpc) is 2.36. The fourth-order valence-corrected chi connectivity index (χ4v) is 1.65. The highest BCUT2D eigenvalue weighted by Gasteiger charge is 2.12. The summed E-state index contributed by atoms with van der Waals surface area (Å²) in [6.07, 6.45) is 8.56. The predicted octanol–water partition coefficient (Wildman–Crippen LogP) is 3.23. The Kier molecular flexibility index (Phi) is 6.84. The minimum Gasteiger partial charge on any atom is -0.431 e. The monoisotopic (exact) mass is 252 g/mol. The van der Waals surface area contributed by atoms with Crippen molar-refractivity contribution in [2.75, 3.05) is 0 Å². The summed E-state index contributed by atoms with van der Waals surface area (Å²) in [5.41, 5.74) is 0. The van der Waals surface area contributed by atoms with Crippen LogP contribution in [-0.4, -0.2) is 11.9 Å². The van der Waals surface area contributed by atoms with Crippen LogP contribution in [-0.2, 0) is 19.1 Å². The van der Waals surface area contributed by atoms with Crippen molar-refractivity contribution in [3.8, 4) is 0 Å². The summed E-state index contributed by atoms with van der Waals surface area (Å²) in [7, 11) is 0. The Labute approximate surface area is 108 Å². The van der Waals surface area contributed by atoms with E-state index in [9.17, 15) is 9.59 Å². The van der Waals surface area contributed by atoms with Gasteiger partial charge in [-0.3, -0.25) is 9.59 Å². The molecule has 0 N–H and O–H groups in total. The van der Waals surface area contributed by atoms with E-state index in [0.717, 1.165) is 19.3 Å². The topological polar surface area (TPSA) is 52.6 Å². The number of allylic oxidation sites excluding steroid dienone is 2. The van der Waals surface area contributed by atoms with Gasteiger partial charge in [-0.1, -0.05) is 6.08 Å². The van der Waals surface area contributed by atoms with Crippen molar-refractivity contribution in [2.24, 2.45) is 0 Å². The molecular weight excluding hydrogens is 232 g/mol. The molecule has 0 aliphatic carbocycles. The van der Waals surface area contributed by atoms with Crippen LogP contribution in [0.2, 0.25) is 0 Å². The maximum absolute atomic E-state index is 11.5. The van der Waals surface area contributed by atoms with Crippen molar-refractivity contribution in [3.05, 3.63) is 24.7 Å². The zero-order chi connectivity index (χ0) is 13.2. The predicted molar refractivity (Wildman–Crippen MR) is 67.4 cm³/mol. The van der Waals surface area contributed by atoms with Gasteiger partial charge in [-0.25, -0.2) is 0 Å². The van der Waals surface area contributed by atoms with E-state index in [1.807, 2.05) is 6.08 Å². The lowest BCUT2D eigenvalue weighted by molar-refractivity contribution is -0.144. The minimum atomic E-state index is -0.267. The highest BCUT2D eigenvalue weighted by molar-refractivity contribution is 5.72. The van der Waals surface area contributed by atoms with E-state index in [-0.39, 0.29) is 11.9 Å². The molecule has 0 aromatic carbocycles. The van der Waals surface area contributed by atoms with Gasteiger partial charge in [0.25, 0.3) is 0 Å². The van der Waals surface area contributed by atoms with Crippen LogP contribution in [0.1, 0.15) is 51.4 Å². The smallest absolute Gasteiger partial charge is 0.310 e. The number of carbonyl (C=O) groups is 2. The average molecular weight is 252 g/mol. The summed E-state index contributed by atoms with van der Waals surface area (Å²) < 4.78 is 10.1. The first-order valence-electron chi connectivity index (χ1n) is 6.42. The standard InChI is InChI=1S/C14H20O4/c1-2-3-4-5-8-12-11-17-13(15)9-6-7-10-14(16)18-12/h2,11H,1,3-10H2/b12-11+. The number of cyclic esters (lactones) is 2. The quantitative estimate of drug-likeness (QED) is 0.428. The zero-order valence-corrected chi connectivity index (χ0v) is 10.7. The number of unbranched alkanes of at least 4 members (excludes halogenated alkanes) is 2. The molecule has 0 fully saturated rings. The van der Waals surface area contributed by atoms with Crippen molar-refractivity contribution < 1.29 is 19.1 Å². The Balaban J connectivity index is 2.49. The van der Waals surface area contributed by atoms with Crippen LogP contribution < -0.4 is 0 Å². The summed E-state index contributed by atoms with van der Waals surface area (Å²) in [6, 6.07) is 0. The molecule has 0 saturated carbocycles. The number of hydrogen-bond donors (Lipinski definition) is 0. The van der Waals surface area contributed by atoms with Crippen LogP contribution in [0.4, 0.5) is 0 Å². The van der Waals surface area contributed by atoms with E-state index in [1.165, 1.54) is 6.26 Å². The Morgan fingerprint density at radius 3 is 2.61 bits per heavy atom. The summed E-state index contributed by atoms with van der Waals surface area (Å²) in [5.74, 6) is -0.0706. The van der Waals surface area contributed by atoms with Crippen LogP contribution in [0.15, 0.2) is 24.7 Å². The molecule has 0 atom stereocenters. The van der Waals surface area contributed by atoms with Gasteiger partial charge in [0.2, 0.25) is 0 Å².